The molecule has 2 aromatic carbocycles. The van der Waals surface area contributed by atoms with Gasteiger partial charge in [0.2, 0.25) is 0 Å². The second kappa shape index (κ2) is 6.51. The van der Waals surface area contributed by atoms with Crippen LogP contribution in [0.3, 0.4) is 0 Å². The number of benzene rings is 2. The van der Waals surface area contributed by atoms with E-state index in [1.54, 1.807) is 0 Å². The van der Waals surface area contributed by atoms with Crippen molar-refractivity contribution in [1.82, 2.24) is 0 Å². The molecule has 0 saturated carbocycles. The van der Waals surface area contributed by atoms with Crippen LogP contribution >= 0.6 is 0 Å². The van der Waals surface area contributed by atoms with Crippen LogP contribution in [0.2, 0.25) is 0 Å². The SMILES string of the molecule is Cc1cccc(C)c1-c1ccc(O[C@H]2CCOC2)c(CO)c1. The largest absolute Gasteiger partial charge is 0.488 e. The van der Waals surface area contributed by atoms with E-state index in [1.807, 2.05) is 12.1 Å². The third kappa shape index (κ3) is 3.01. The Kier molecular flexibility index (Phi) is 4.46. The quantitative estimate of drug-likeness (QED) is 0.936. The summed E-state index contributed by atoms with van der Waals surface area (Å²) in [7, 11) is 0. The fourth-order valence-electron chi connectivity index (χ4n) is 3.03. The van der Waals surface area contributed by atoms with Gasteiger partial charge >= 0.3 is 0 Å². The van der Waals surface area contributed by atoms with Crippen LogP contribution in [0, 0.1) is 13.8 Å². The Morgan fingerprint density at radius 2 is 1.95 bits per heavy atom. The van der Waals surface area contributed by atoms with Crippen LogP contribution in [-0.4, -0.2) is 24.4 Å². The zero-order valence-electron chi connectivity index (χ0n) is 13.1. The minimum Gasteiger partial charge on any atom is -0.488 e. The van der Waals surface area contributed by atoms with Crippen molar-refractivity contribution in [3.8, 4) is 16.9 Å². The Morgan fingerprint density at radius 3 is 2.59 bits per heavy atom. The molecule has 1 aliphatic rings. The first kappa shape index (κ1) is 15.1. The standard InChI is InChI=1S/C19H22O3/c1-13-4-3-5-14(2)19(13)15-6-7-18(16(10-15)11-20)22-17-8-9-21-12-17/h3-7,10,17,20H,8-9,11-12H2,1-2H3/t17-/m0/s1. The molecule has 0 aromatic heterocycles. The Labute approximate surface area is 131 Å². The maximum Gasteiger partial charge on any atom is 0.125 e. The first-order valence-electron chi connectivity index (χ1n) is 7.74. The highest BCUT2D eigenvalue weighted by Crippen LogP contribution is 2.32. The van der Waals surface area contributed by atoms with E-state index in [1.165, 1.54) is 16.7 Å². The van der Waals surface area contributed by atoms with Gasteiger partial charge in [0, 0.05) is 12.0 Å². The molecule has 0 bridgehead atoms. The van der Waals surface area contributed by atoms with Gasteiger partial charge in [0.25, 0.3) is 0 Å². The number of aliphatic hydroxyl groups excluding tert-OH is 1. The van der Waals surface area contributed by atoms with Crippen LogP contribution in [0.5, 0.6) is 5.75 Å². The molecule has 1 aliphatic heterocycles. The van der Waals surface area contributed by atoms with Crippen LogP contribution in [0.15, 0.2) is 36.4 Å². The molecule has 2 aromatic rings. The van der Waals surface area contributed by atoms with Gasteiger partial charge in [-0.05, 0) is 48.2 Å². The molecule has 0 amide bonds. The van der Waals surface area contributed by atoms with Crippen molar-refractivity contribution in [3.05, 3.63) is 53.1 Å². The zero-order valence-corrected chi connectivity index (χ0v) is 13.1. The van der Waals surface area contributed by atoms with Crippen LogP contribution < -0.4 is 4.74 Å². The highest BCUT2D eigenvalue weighted by atomic mass is 16.5. The van der Waals surface area contributed by atoms with Crippen molar-refractivity contribution in [1.29, 1.82) is 0 Å². The molecule has 3 nitrogen and oxygen atoms in total. The molecule has 0 spiro atoms. The topological polar surface area (TPSA) is 38.7 Å². The molecule has 0 radical (unpaired) electrons. The van der Waals surface area contributed by atoms with Crippen LogP contribution in [-0.2, 0) is 11.3 Å². The summed E-state index contributed by atoms with van der Waals surface area (Å²) in [4.78, 5) is 0. The summed E-state index contributed by atoms with van der Waals surface area (Å²) in [6, 6.07) is 12.4. The number of ether oxygens (including phenoxy) is 2. The molecular formula is C19H22O3. The molecule has 1 heterocycles. The van der Waals surface area contributed by atoms with Crippen molar-refractivity contribution in [2.45, 2.75) is 33.0 Å². The maximum absolute atomic E-state index is 9.69. The molecule has 116 valence electrons. The smallest absolute Gasteiger partial charge is 0.125 e. The van der Waals surface area contributed by atoms with Crippen molar-refractivity contribution < 1.29 is 14.6 Å². The average molecular weight is 298 g/mol. The second-order valence-corrected chi connectivity index (χ2v) is 5.85. The van der Waals surface area contributed by atoms with Crippen LogP contribution in [0.25, 0.3) is 11.1 Å². The van der Waals surface area contributed by atoms with Gasteiger partial charge in [0.05, 0.1) is 19.8 Å². The first-order chi connectivity index (χ1) is 10.7. The van der Waals surface area contributed by atoms with Gasteiger partial charge in [-0.15, -0.1) is 0 Å². The Bertz CT molecular complexity index is 637. The molecule has 1 fully saturated rings. The average Bonchev–Trinajstić information content (AvgIpc) is 3.01. The lowest BCUT2D eigenvalue weighted by atomic mass is 9.94. The van der Waals surface area contributed by atoms with Gasteiger partial charge in [-0.1, -0.05) is 24.3 Å². The third-order valence-electron chi connectivity index (χ3n) is 4.18. The molecule has 22 heavy (non-hydrogen) atoms. The predicted molar refractivity (Wildman–Crippen MR) is 87.1 cm³/mol. The summed E-state index contributed by atoms with van der Waals surface area (Å²) in [5.74, 6) is 0.757. The van der Waals surface area contributed by atoms with E-state index in [-0.39, 0.29) is 12.7 Å². The fourth-order valence-corrected chi connectivity index (χ4v) is 3.03. The summed E-state index contributed by atoms with van der Waals surface area (Å²) in [5.41, 5.74) is 5.65. The van der Waals surface area contributed by atoms with Gasteiger partial charge in [0.1, 0.15) is 11.9 Å². The maximum atomic E-state index is 9.69. The van der Waals surface area contributed by atoms with E-state index < -0.39 is 0 Å². The highest BCUT2D eigenvalue weighted by molar-refractivity contribution is 5.72. The van der Waals surface area contributed by atoms with E-state index in [0.717, 1.165) is 29.9 Å². The molecule has 0 unspecified atom stereocenters. The third-order valence-corrected chi connectivity index (χ3v) is 4.18. The van der Waals surface area contributed by atoms with Gasteiger partial charge < -0.3 is 14.6 Å². The molecule has 1 N–H and O–H groups in total. The summed E-state index contributed by atoms with van der Waals surface area (Å²) < 4.78 is 11.3. The zero-order chi connectivity index (χ0) is 15.5. The summed E-state index contributed by atoms with van der Waals surface area (Å²) in [6.07, 6.45) is 1.00. The molecule has 0 aliphatic carbocycles. The predicted octanol–water partition coefficient (Wildman–Crippen LogP) is 3.63. The van der Waals surface area contributed by atoms with Crippen molar-refractivity contribution >= 4 is 0 Å². The van der Waals surface area contributed by atoms with Crippen LogP contribution in [0.1, 0.15) is 23.1 Å². The van der Waals surface area contributed by atoms with E-state index in [9.17, 15) is 5.11 Å². The number of aryl methyl sites for hydroxylation is 2. The number of aliphatic hydroxyl groups is 1. The normalized spacial score (nSPS) is 17.7. The van der Waals surface area contributed by atoms with Crippen molar-refractivity contribution in [2.24, 2.45) is 0 Å². The van der Waals surface area contributed by atoms with Crippen molar-refractivity contribution in [2.75, 3.05) is 13.2 Å². The Morgan fingerprint density at radius 1 is 1.18 bits per heavy atom. The first-order valence-corrected chi connectivity index (χ1v) is 7.74. The van der Waals surface area contributed by atoms with Gasteiger partial charge in [-0.25, -0.2) is 0 Å². The fraction of sp³-hybridized carbons (Fsp3) is 0.368. The number of hydrogen-bond donors (Lipinski definition) is 1. The van der Waals surface area contributed by atoms with Gasteiger partial charge in [-0.2, -0.15) is 0 Å². The monoisotopic (exact) mass is 298 g/mol. The van der Waals surface area contributed by atoms with E-state index in [2.05, 4.69) is 38.1 Å². The molecule has 3 rings (SSSR count). The second-order valence-electron chi connectivity index (χ2n) is 5.85. The van der Waals surface area contributed by atoms with Gasteiger partial charge in [-0.3, -0.25) is 0 Å². The molecule has 1 saturated heterocycles. The lowest BCUT2D eigenvalue weighted by molar-refractivity contribution is 0.139. The summed E-state index contributed by atoms with van der Waals surface area (Å²) in [6.45, 7) is 5.58. The summed E-state index contributed by atoms with van der Waals surface area (Å²) >= 11 is 0. The summed E-state index contributed by atoms with van der Waals surface area (Å²) in [5, 5.41) is 9.69. The lowest BCUT2D eigenvalue weighted by Crippen LogP contribution is -2.16. The van der Waals surface area contributed by atoms with E-state index >= 15 is 0 Å². The van der Waals surface area contributed by atoms with Crippen LogP contribution in [0.4, 0.5) is 0 Å². The molecule has 1 atom stereocenters. The Hall–Kier alpha value is -1.84. The molecule has 3 heteroatoms. The van der Waals surface area contributed by atoms with E-state index in [0.29, 0.717) is 6.61 Å². The number of rotatable bonds is 4. The van der Waals surface area contributed by atoms with Crippen molar-refractivity contribution in [3.63, 3.8) is 0 Å². The minimum absolute atomic E-state index is 0.0261. The Balaban J connectivity index is 1.94. The van der Waals surface area contributed by atoms with E-state index in [4.69, 9.17) is 9.47 Å². The minimum atomic E-state index is -0.0261. The number of hydrogen-bond acceptors (Lipinski definition) is 3. The molecular weight excluding hydrogens is 276 g/mol. The highest BCUT2D eigenvalue weighted by Gasteiger charge is 2.19. The van der Waals surface area contributed by atoms with Gasteiger partial charge in [0.15, 0.2) is 0 Å². The lowest BCUT2D eigenvalue weighted by Gasteiger charge is -2.17.